The number of hydrogen-bond acceptors (Lipinski definition) is 3. The molecular formula is C24H32N2O2. The van der Waals surface area contributed by atoms with Crippen LogP contribution in [0.4, 0.5) is 0 Å². The number of aryl methyl sites for hydroxylation is 1. The van der Waals surface area contributed by atoms with Gasteiger partial charge < -0.3 is 4.74 Å². The summed E-state index contributed by atoms with van der Waals surface area (Å²) >= 11 is 0. The SMILES string of the molecule is C=NC(=N/C=C(\C)C(=O)OC)C1(c2cc3c(cc2C)C(C)(C)CC3(C)C)CC1. The van der Waals surface area contributed by atoms with E-state index in [1.807, 2.05) is 0 Å². The molecule has 4 nitrogen and oxygen atoms in total. The zero-order valence-corrected chi connectivity index (χ0v) is 18.3. The van der Waals surface area contributed by atoms with Crippen LogP contribution in [0.3, 0.4) is 0 Å². The first-order valence-corrected chi connectivity index (χ1v) is 9.95. The molecule has 2 aliphatic carbocycles. The van der Waals surface area contributed by atoms with E-state index in [1.165, 1.54) is 29.4 Å². The van der Waals surface area contributed by atoms with Crippen molar-refractivity contribution in [3.05, 3.63) is 46.2 Å². The summed E-state index contributed by atoms with van der Waals surface area (Å²) in [5.74, 6) is 0.309. The number of benzene rings is 1. The third-order valence-electron chi connectivity index (χ3n) is 6.44. The van der Waals surface area contributed by atoms with Crippen molar-refractivity contribution in [2.45, 2.75) is 77.0 Å². The van der Waals surface area contributed by atoms with Crippen molar-refractivity contribution in [1.29, 1.82) is 0 Å². The smallest absolute Gasteiger partial charge is 0.334 e. The van der Waals surface area contributed by atoms with Crippen LogP contribution in [0.25, 0.3) is 0 Å². The Kier molecular flexibility index (Phi) is 4.89. The van der Waals surface area contributed by atoms with Gasteiger partial charge in [-0.1, -0.05) is 39.8 Å². The van der Waals surface area contributed by atoms with Crippen LogP contribution in [-0.2, 0) is 25.8 Å². The van der Waals surface area contributed by atoms with Gasteiger partial charge in [-0.3, -0.25) is 0 Å². The van der Waals surface area contributed by atoms with Gasteiger partial charge in [-0.2, -0.15) is 0 Å². The normalized spacial score (nSPS) is 21.8. The molecule has 0 spiro atoms. The minimum absolute atomic E-state index is 0.150. The first-order chi connectivity index (χ1) is 13.0. The van der Waals surface area contributed by atoms with E-state index in [1.54, 1.807) is 13.1 Å². The quantitative estimate of drug-likeness (QED) is 0.313. The number of nitrogens with zero attached hydrogens (tertiary/aromatic N) is 2. The number of fused-ring (bicyclic) bond motifs is 1. The molecule has 0 radical (unpaired) electrons. The average molecular weight is 381 g/mol. The van der Waals surface area contributed by atoms with Gasteiger partial charge in [0.15, 0.2) is 0 Å². The molecule has 1 aromatic rings. The van der Waals surface area contributed by atoms with E-state index in [0.717, 1.165) is 19.3 Å². The molecule has 0 saturated heterocycles. The fourth-order valence-electron chi connectivity index (χ4n) is 5.06. The van der Waals surface area contributed by atoms with Gasteiger partial charge in [0.25, 0.3) is 0 Å². The minimum Gasteiger partial charge on any atom is -0.466 e. The van der Waals surface area contributed by atoms with Gasteiger partial charge >= 0.3 is 5.97 Å². The van der Waals surface area contributed by atoms with Gasteiger partial charge in [0.05, 0.1) is 18.1 Å². The van der Waals surface area contributed by atoms with E-state index < -0.39 is 0 Å². The predicted molar refractivity (Wildman–Crippen MR) is 116 cm³/mol. The Balaban J connectivity index is 2.09. The number of rotatable bonds is 4. The Morgan fingerprint density at radius 3 is 2.18 bits per heavy atom. The molecule has 0 bridgehead atoms. The van der Waals surface area contributed by atoms with Crippen LogP contribution in [0.5, 0.6) is 0 Å². The van der Waals surface area contributed by atoms with Crippen LogP contribution in [0.1, 0.15) is 76.1 Å². The second-order valence-corrected chi connectivity index (χ2v) is 9.65. The molecule has 4 heteroatoms. The van der Waals surface area contributed by atoms with Gasteiger partial charge in [0, 0.05) is 6.20 Å². The Morgan fingerprint density at radius 2 is 1.68 bits per heavy atom. The molecular weight excluding hydrogens is 348 g/mol. The zero-order chi connectivity index (χ0) is 20.9. The molecule has 1 saturated carbocycles. The molecule has 1 aromatic carbocycles. The highest BCUT2D eigenvalue weighted by atomic mass is 16.5. The minimum atomic E-state index is -0.380. The maximum absolute atomic E-state index is 11.7. The van der Waals surface area contributed by atoms with Gasteiger partial charge in [0.2, 0.25) is 0 Å². The van der Waals surface area contributed by atoms with E-state index in [9.17, 15) is 4.79 Å². The monoisotopic (exact) mass is 380 g/mol. The number of amidine groups is 1. The van der Waals surface area contributed by atoms with Crippen LogP contribution < -0.4 is 0 Å². The largest absolute Gasteiger partial charge is 0.466 e. The molecule has 0 N–H and O–H groups in total. The van der Waals surface area contributed by atoms with Crippen LogP contribution in [0, 0.1) is 6.92 Å². The number of carbonyl (C=O) groups is 1. The number of ether oxygens (including phenoxy) is 1. The lowest BCUT2D eigenvalue weighted by atomic mass is 9.81. The van der Waals surface area contributed by atoms with Crippen LogP contribution >= 0.6 is 0 Å². The van der Waals surface area contributed by atoms with E-state index >= 15 is 0 Å². The highest BCUT2D eigenvalue weighted by molar-refractivity contribution is 5.99. The lowest BCUT2D eigenvalue weighted by Gasteiger charge is -2.24. The van der Waals surface area contributed by atoms with Crippen molar-refractivity contribution >= 4 is 18.5 Å². The van der Waals surface area contributed by atoms with E-state index in [4.69, 9.17) is 4.74 Å². The highest BCUT2D eigenvalue weighted by Gasteiger charge is 2.51. The summed E-state index contributed by atoms with van der Waals surface area (Å²) < 4.78 is 4.75. The molecule has 28 heavy (non-hydrogen) atoms. The van der Waals surface area contributed by atoms with Gasteiger partial charge in [0.1, 0.15) is 5.84 Å². The highest BCUT2D eigenvalue weighted by Crippen LogP contribution is 2.55. The maximum atomic E-state index is 11.7. The Labute approximate surface area is 168 Å². The van der Waals surface area contributed by atoms with Gasteiger partial charge in [-0.05, 0) is 72.9 Å². The van der Waals surface area contributed by atoms with Crippen molar-refractivity contribution in [3.63, 3.8) is 0 Å². The lowest BCUT2D eigenvalue weighted by molar-refractivity contribution is -0.136. The van der Waals surface area contributed by atoms with E-state index in [2.05, 4.69) is 63.5 Å². The standard InChI is InChI=1S/C24H32N2O2/c1-15-11-18-19(23(5,6)14-22(18,3)4)12-17(15)24(9-10-24)21(25-7)26-13-16(2)20(27)28-8/h11-13H,7,9-10,14H2,1-6,8H3/b16-13+,26-21?. The van der Waals surface area contributed by atoms with Gasteiger partial charge in [-0.25, -0.2) is 14.8 Å². The third kappa shape index (κ3) is 3.23. The van der Waals surface area contributed by atoms with Crippen LogP contribution in [0.15, 0.2) is 33.9 Å². The van der Waals surface area contributed by atoms with E-state index in [0.29, 0.717) is 11.4 Å². The summed E-state index contributed by atoms with van der Waals surface area (Å²) in [5.41, 5.74) is 6.07. The first kappa shape index (κ1) is 20.5. The second-order valence-electron chi connectivity index (χ2n) is 9.65. The average Bonchev–Trinajstić information content (AvgIpc) is 3.38. The molecule has 0 amide bonds. The number of carbonyl (C=O) groups excluding carboxylic acids is 1. The number of methoxy groups -OCH3 is 1. The molecule has 0 unspecified atom stereocenters. The fraction of sp³-hybridized carbons (Fsp3) is 0.542. The van der Waals surface area contributed by atoms with Crippen molar-refractivity contribution in [2.24, 2.45) is 9.98 Å². The molecule has 0 atom stereocenters. The summed E-state index contributed by atoms with van der Waals surface area (Å²) in [6, 6.07) is 4.76. The van der Waals surface area contributed by atoms with Crippen LogP contribution in [0.2, 0.25) is 0 Å². The zero-order valence-electron chi connectivity index (χ0n) is 18.3. The molecule has 0 aliphatic heterocycles. The summed E-state index contributed by atoms with van der Waals surface area (Å²) in [5, 5.41) is 0. The second kappa shape index (κ2) is 6.68. The predicted octanol–water partition coefficient (Wildman–Crippen LogP) is 5.16. The molecule has 0 heterocycles. The maximum Gasteiger partial charge on any atom is 0.334 e. The topological polar surface area (TPSA) is 51.0 Å². The number of aliphatic imine (C=N–C) groups is 2. The molecule has 2 aliphatic rings. The Bertz CT molecular complexity index is 899. The summed E-state index contributed by atoms with van der Waals surface area (Å²) in [6.45, 7) is 17.0. The van der Waals surface area contributed by atoms with Crippen LogP contribution in [-0.4, -0.2) is 25.6 Å². The van der Waals surface area contributed by atoms with Crippen molar-refractivity contribution < 1.29 is 9.53 Å². The number of hydrogen-bond donors (Lipinski definition) is 0. The summed E-state index contributed by atoms with van der Waals surface area (Å²) in [4.78, 5) is 20.5. The van der Waals surface area contributed by atoms with Crippen molar-refractivity contribution in [1.82, 2.24) is 0 Å². The molecule has 1 fully saturated rings. The first-order valence-electron chi connectivity index (χ1n) is 9.95. The molecule has 150 valence electrons. The Morgan fingerprint density at radius 1 is 1.11 bits per heavy atom. The van der Waals surface area contributed by atoms with Crippen molar-refractivity contribution in [3.8, 4) is 0 Å². The Hall–Kier alpha value is -2.23. The molecule has 0 aromatic heterocycles. The summed E-state index contributed by atoms with van der Waals surface area (Å²) in [6.07, 6.45) is 4.69. The van der Waals surface area contributed by atoms with Gasteiger partial charge in [-0.15, -0.1) is 0 Å². The number of esters is 1. The van der Waals surface area contributed by atoms with E-state index in [-0.39, 0.29) is 22.2 Å². The third-order valence-corrected chi connectivity index (χ3v) is 6.44. The lowest BCUT2D eigenvalue weighted by Crippen LogP contribution is -2.21. The fourth-order valence-corrected chi connectivity index (χ4v) is 5.06. The molecule has 3 rings (SSSR count). The van der Waals surface area contributed by atoms with Crippen molar-refractivity contribution in [2.75, 3.05) is 7.11 Å². The summed E-state index contributed by atoms with van der Waals surface area (Å²) in [7, 11) is 1.37.